The van der Waals surface area contributed by atoms with E-state index in [4.69, 9.17) is 9.47 Å². The summed E-state index contributed by atoms with van der Waals surface area (Å²) in [7, 11) is 0. The van der Waals surface area contributed by atoms with Crippen LogP contribution in [0.2, 0.25) is 0 Å². The third kappa shape index (κ3) is 6.36. The maximum atomic E-state index is 13.5. The fourth-order valence-corrected chi connectivity index (χ4v) is 5.08. The summed E-state index contributed by atoms with van der Waals surface area (Å²) >= 11 is 0. The van der Waals surface area contributed by atoms with E-state index in [0.29, 0.717) is 47.7 Å². The lowest BCUT2D eigenvalue weighted by molar-refractivity contribution is -0.140. The number of aliphatic hydroxyl groups excluding tert-OH is 1. The van der Waals surface area contributed by atoms with Gasteiger partial charge in [0.1, 0.15) is 17.2 Å². The average molecular weight is 540 g/mol. The fraction of sp³-hybridized carbons (Fsp3) is 0.500. The van der Waals surface area contributed by atoms with Crippen LogP contribution in [-0.4, -0.2) is 76.9 Å². The van der Waals surface area contributed by atoms with Gasteiger partial charge in [0, 0.05) is 17.8 Å². The van der Waals surface area contributed by atoms with Gasteiger partial charge in [0.15, 0.2) is 0 Å². The number of nitrogens with zero attached hydrogens (tertiary/aromatic N) is 2. The third-order valence-corrected chi connectivity index (χ3v) is 7.13. The number of ketones is 1. The summed E-state index contributed by atoms with van der Waals surface area (Å²) in [6, 6.07) is 6.50. The van der Waals surface area contributed by atoms with E-state index < -0.39 is 23.7 Å². The maximum Gasteiger partial charge on any atom is 0.355 e. The highest BCUT2D eigenvalue weighted by atomic mass is 16.5. The normalized spacial score (nSPS) is 16.8. The van der Waals surface area contributed by atoms with Crippen LogP contribution in [0.25, 0.3) is 5.76 Å². The summed E-state index contributed by atoms with van der Waals surface area (Å²) in [5.74, 6) is -1.56. The number of hydrogen-bond donors (Lipinski definition) is 2. The number of amides is 1. The molecule has 1 aromatic carbocycles. The minimum atomic E-state index is -0.776. The van der Waals surface area contributed by atoms with Crippen molar-refractivity contribution in [1.82, 2.24) is 14.8 Å². The van der Waals surface area contributed by atoms with Gasteiger partial charge in [-0.3, -0.25) is 9.59 Å². The summed E-state index contributed by atoms with van der Waals surface area (Å²) in [6.07, 6.45) is 1.55. The Morgan fingerprint density at radius 3 is 2.33 bits per heavy atom. The van der Waals surface area contributed by atoms with Gasteiger partial charge in [-0.2, -0.15) is 0 Å². The van der Waals surface area contributed by atoms with Crippen LogP contribution in [0.1, 0.15) is 79.5 Å². The zero-order valence-electron chi connectivity index (χ0n) is 23.9. The molecule has 1 fully saturated rings. The first-order valence-corrected chi connectivity index (χ1v) is 13.8. The van der Waals surface area contributed by atoms with E-state index in [1.807, 2.05) is 31.2 Å². The molecule has 1 aliphatic rings. The lowest BCUT2D eigenvalue weighted by atomic mass is 9.94. The van der Waals surface area contributed by atoms with Gasteiger partial charge in [0.25, 0.3) is 11.7 Å². The van der Waals surface area contributed by atoms with E-state index in [9.17, 15) is 19.5 Å². The first kappa shape index (κ1) is 30.0. The van der Waals surface area contributed by atoms with Crippen LogP contribution in [0, 0.1) is 13.8 Å². The molecule has 0 radical (unpaired) electrons. The summed E-state index contributed by atoms with van der Waals surface area (Å²) < 4.78 is 10.9. The molecule has 1 unspecified atom stereocenters. The standard InChI is InChI=1S/C30H41N3O6/c1-7-18-39-22-14-12-21(13-15-22)26-24(28(35)29(36)33(26)17-11-16-32(8-2)9-3)27(34)23-19(5)25(31-20(23)6)30(37)38-10-4/h12-15,26,31,34H,7-11,16-18H2,1-6H3/b27-24+. The van der Waals surface area contributed by atoms with Crippen molar-refractivity contribution in [2.24, 2.45) is 0 Å². The monoisotopic (exact) mass is 539 g/mol. The molecule has 1 saturated heterocycles. The fourth-order valence-electron chi connectivity index (χ4n) is 5.08. The number of Topliss-reactive ketones (excluding diaryl/α,β-unsaturated/α-hetero) is 1. The lowest BCUT2D eigenvalue weighted by Gasteiger charge is -2.27. The molecule has 1 amide bonds. The van der Waals surface area contributed by atoms with E-state index in [2.05, 4.69) is 23.7 Å². The third-order valence-electron chi connectivity index (χ3n) is 7.13. The van der Waals surface area contributed by atoms with E-state index in [1.165, 1.54) is 0 Å². The second kappa shape index (κ2) is 13.5. The van der Waals surface area contributed by atoms with Gasteiger partial charge in [-0.05, 0) is 76.5 Å². The SMILES string of the molecule is CCCOc1ccc(C2/C(=C(\O)c3c(C)[nH]c(C(=O)OCC)c3C)C(=O)C(=O)N2CCCN(CC)CC)cc1. The number of likely N-dealkylation sites (tertiary alicyclic amines) is 1. The predicted octanol–water partition coefficient (Wildman–Crippen LogP) is 4.75. The number of esters is 1. The molecule has 2 heterocycles. The number of H-pyrrole nitrogens is 1. The van der Waals surface area contributed by atoms with Gasteiger partial charge >= 0.3 is 5.97 Å². The van der Waals surface area contributed by atoms with Gasteiger partial charge < -0.3 is 29.4 Å². The Morgan fingerprint density at radius 1 is 1.08 bits per heavy atom. The highest BCUT2D eigenvalue weighted by Gasteiger charge is 2.46. The quantitative estimate of drug-likeness (QED) is 0.163. The molecule has 212 valence electrons. The Hall–Kier alpha value is -3.59. The van der Waals surface area contributed by atoms with Crippen molar-refractivity contribution in [2.75, 3.05) is 39.4 Å². The first-order valence-electron chi connectivity index (χ1n) is 13.8. The Labute approximate surface area is 230 Å². The summed E-state index contributed by atoms with van der Waals surface area (Å²) in [5, 5.41) is 11.6. The number of aromatic amines is 1. The highest BCUT2D eigenvalue weighted by molar-refractivity contribution is 6.46. The van der Waals surface area contributed by atoms with Crippen molar-refractivity contribution in [3.05, 3.63) is 57.9 Å². The number of rotatable bonds is 13. The summed E-state index contributed by atoms with van der Waals surface area (Å²) in [5.41, 5.74) is 2.19. The number of aromatic nitrogens is 1. The zero-order chi connectivity index (χ0) is 28.7. The molecule has 0 spiro atoms. The van der Waals surface area contributed by atoms with Crippen LogP contribution in [0.15, 0.2) is 29.8 Å². The van der Waals surface area contributed by atoms with E-state index in [-0.39, 0.29) is 23.6 Å². The van der Waals surface area contributed by atoms with Crippen LogP contribution >= 0.6 is 0 Å². The number of nitrogens with one attached hydrogen (secondary N) is 1. The van der Waals surface area contributed by atoms with E-state index in [1.54, 1.807) is 25.7 Å². The van der Waals surface area contributed by atoms with Crippen LogP contribution in [-0.2, 0) is 14.3 Å². The van der Waals surface area contributed by atoms with E-state index in [0.717, 1.165) is 26.1 Å². The number of benzene rings is 1. The van der Waals surface area contributed by atoms with Crippen molar-refractivity contribution >= 4 is 23.4 Å². The minimum absolute atomic E-state index is 0.00525. The van der Waals surface area contributed by atoms with Gasteiger partial charge in [-0.15, -0.1) is 0 Å². The number of aryl methyl sites for hydroxylation is 1. The molecule has 9 heteroatoms. The van der Waals surface area contributed by atoms with Crippen LogP contribution in [0.3, 0.4) is 0 Å². The molecule has 9 nitrogen and oxygen atoms in total. The number of hydrogen-bond acceptors (Lipinski definition) is 7. The average Bonchev–Trinajstić information content (AvgIpc) is 3.37. The van der Waals surface area contributed by atoms with Crippen LogP contribution < -0.4 is 4.74 Å². The van der Waals surface area contributed by atoms with Crippen molar-refractivity contribution < 1.29 is 29.0 Å². The molecule has 1 atom stereocenters. The van der Waals surface area contributed by atoms with Gasteiger partial charge in [-0.25, -0.2) is 4.79 Å². The van der Waals surface area contributed by atoms with Gasteiger partial charge in [0.05, 0.1) is 24.8 Å². The number of ether oxygens (including phenoxy) is 2. The highest BCUT2D eigenvalue weighted by Crippen LogP contribution is 2.41. The molecule has 0 saturated carbocycles. The van der Waals surface area contributed by atoms with Gasteiger partial charge in [0.2, 0.25) is 0 Å². The molecule has 3 rings (SSSR count). The molecule has 2 aromatic rings. The largest absolute Gasteiger partial charge is 0.507 e. The van der Waals surface area contributed by atoms with Gasteiger partial charge in [-0.1, -0.05) is 32.9 Å². The Morgan fingerprint density at radius 2 is 1.74 bits per heavy atom. The summed E-state index contributed by atoms with van der Waals surface area (Å²) in [4.78, 5) is 46.0. The molecular weight excluding hydrogens is 498 g/mol. The predicted molar refractivity (Wildman–Crippen MR) is 150 cm³/mol. The number of carbonyl (C=O) groups excluding carboxylic acids is 3. The Balaban J connectivity index is 2.09. The Kier molecular flexibility index (Phi) is 10.3. The number of carbonyl (C=O) groups is 3. The molecule has 1 aliphatic heterocycles. The number of aliphatic hydroxyl groups is 1. The van der Waals surface area contributed by atoms with Crippen molar-refractivity contribution in [3.8, 4) is 5.75 Å². The smallest absolute Gasteiger partial charge is 0.355 e. The molecular formula is C30H41N3O6. The lowest BCUT2D eigenvalue weighted by Crippen LogP contribution is -2.33. The first-order chi connectivity index (χ1) is 18.7. The second-order valence-corrected chi connectivity index (χ2v) is 9.64. The van der Waals surface area contributed by atoms with Crippen LogP contribution in [0.4, 0.5) is 0 Å². The molecule has 39 heavy (non-hydrogen) atoms. The van der Waals surface area contributed by atoms with Crippen LogP contribution in [0.5, 0.6) is 5.75 Å². The van der Waals surface area contributed by atoms with Crippen molar-refractivity contribution in [3.63, 3.8) is 0 Å². The van der Waals surface area contributed by atoms with E-state index >= 15 is 0 Å². The summed E-state index contributed by atoms with van der Waals surface area (Å²) in [6.45, 7) is 15.0. The molecule has 0 aliphatic carbocycles. The van der Waals surface area contributed by atoms with Crippen molar-refractivity contribution in [2.45, 2.75) is 60.4 Å². The second-order valence-electron chi connectivity index (χ2n) is 9.64. The maximum absolute atomic E-state index is 13.5. The molecule has 1 aromatic heterocycles. The Bertz CT molecular complexity index is 1210. The molecule has 2 N–H and O–H groups in total. The molecule has 0 bridgehead atoms. The van der Waals surface area contributed by atoms with Crippen molar-refractivity contribution in [1.29, 1.82) is 0 Å². The zero-order valence-corrected chi connectivity index (χ0v) is 23.9. The minimum Gasteiger partial charge on any atom is -0.507 e. The topological polar surface area (TPSA) is 112 Å².